The van der Waals surface area contributed by atoms with Crippen molar-refractivity contribution in [3.8, 4) is 0 Å². The molecule has 146 valence electrons. The van der Waals surface area contributed by atoms with Crippen molar-refractivity contribution in [2.45, 2.75) is 25.8 Å². The number of nitrogens with one attached hydrogen (secondary N) is 2. The fraction of sp³-hybridized carbons (Fsp3) is 0.364. The summed E-state index contributed by atoms with van der Waals surface area (Å²) in [6.07, 6.45) is 1.25. The fourth-order valence-corrected chi connectivity index (χ4v) is 3.88. The molecule has 2 N–H and O–H groups in total. The van der Waals surface area contributed by atoms with Gasteiger partial charge in [-0.3, -0.25) is 9.59 Å². The summed E-state index contributed by atoms with van der Waals surface area (Å²) in [6, 6.07) is 15.9. The standard InChI is InChI=1S/C22H26N4O2/c1-16(23-18-8-9-20-17(15-18)7-10-21(27)24-20)22(28)26-13-11-25(12-14-26)19-5-3-2-4-6-19/h2-6,8-9,15-16,23H,7,10-14H2,1H3,(H,24,27)/t16-/m1/s1. The van der Waals surface area contributed by atoms with Crippen LogP contribution in [0.3, 0.4) is 0 Å². The van der Waals surface area contributed by atoms with Gasteiger partial charge in [0, 0.05) is 49.7 Å². The Morgan fingerprint density at radius 1 is 1.04 bits per heavy atom. The topological polar surface area (TPSA) is 64.7 Å². The first kappa shape index (κ1) is 18.3. The number of nitrogens with zero attached hydrogens (tertiary/aromatic N) is 2. The second kappa shape index (κ2) is 7.92. The van der Waals surface area contributed by atoms with E-state index >= 15 is 0 Å². The maximum atomic E-state index is 12.9. The van der Waals surface area contributed by atoms with Crippen LogP contribution in [0.25, 0.3) is 0 Å². The summed E-state index contributed by atoms with van der Waals surface area (Å²) in [4.78, 5) is 28.6. The highest BCUT2D eigenvalue weighted by Crippen LogP contribution is 2.26. The van der Waals surface area contributed by atoms with Crippen LogP contribution in [0, 0.1) is 0 Å². The fourth-order valence-electron chi connectivity index (χ4n) is 3.88. The number of benzene rings is 2. The van der Waals surface area contributed by atoms with E-state index < -0.39 is 0 Å². The van der Waals surface area contributed by atoms with Crippen molar-refractivity contribution in [2.24, 2.45) is 0 Å². The maximum Gasteiger partial charge on any atom is 0.244 e. The van der Waals surface area contributed by atoms with Gasteiger partial charge in [0.1, 0.15) is 6.04 Å². The Bertz CT molecular complexity index is 860. The van der Waals surface area contributed by atoms with Crippen LogP contribution in [0.1, 0.15) is 18.9 Å². The molecule has 4 rings (SSSR count). The molecule has 0 unspecified atom stereocenters. The molecule has 0 radical (unpaired) electrons. The number of carbonyl (C=O) groups excluding carboxylic acids is 2. The smallest absolute Gasteiger partial charge is 0.244 e. The number of amides is 2. The Balaban J connectivity index is 1.33. The number of piperazine rings is 1. The van der Waals surface area contributed by atoms with Crippen LogP contribution in [0.5, 0.6) is 0 Å². The molecule has 1 fully saturated rings. The highest BCUT2D eigenvalue weighted by molar-refractivity contribution is 5.94. The summed E-state index contributed by atoms with van der Waals surface area (Å²) in [5.41, 5.74) is 4.11. The van der Waals surface area contributed by atoms with Crippen LogP contribution in [0.4, 0.5) is 17.1 Å². The van der Waals surface area contributed by atoms with Crippen LogP contribution in [0.15, 0.2) is 48.5 Å². The van der Waals surface area contributed by atoms with Crippen molar-refractivity contribution in [2.75, 3.05) is 41.7 Å². The molecule has 6 heteroatoms. The molecular formula is C22H26N4O2. The summed E-state index contributed by atoms with van der Waals surface area (Å²) in [5, 5.41) is 6.21. The van der Waals surface area contributed by atoms with Gasteiger partial charge < -0.3 is 20.4 Å². The lowest BCUT2D eigenvalue weighted by Crippen LogP contribution is -2.52. The Morgan fingerprint density at radius 2 is 1.79 bits per heavy atom. The number of para-hydroxylation sites is 1. The molecule has 0 aromatic heterocycles. The van der Waals surface area contributed by atoms with E-state index in [1.807, 2.05) is 48.2 Å². The van der Waals surface area contributed by atoms with Gasteiger partial charge in [-0.2, -0.15) is 0 Å². The molecule has 28 heavy (non-hydrogen) atoms. The number of hydrogen-bond acceptors (Lipinski definition) is 4. The molecule has 0 spiro atoms. The third-order valence-electron chi connectivity index (χ3n) is 5.47. The molecule has 2 aliphatic heterocycles. The number of anilines is 3. The Hall–Kier alpha value is -3.02. The maximum absolute atomic E-state index is 12.9. The highest BCUT2D eigenvalue weighted by Gasteiger charge is 2.25. The summed E-state index contributed by atoms with van der Waals surface area (Å²) in [5.74, 6) is 0.185. The second-order valence-corrected chi connectivity index (χ2v) is 7.43. The summed E-state index contributed by atoms with van der Waals surface area (Å²) < 4.78 is 0. The molecule has 2 aromatic rings. The van der Waals surface area contributed by atoms with E-state index in [-0.39, 0.29) is 17.9 Å². The second-order valence-electron chi connectivity index (χ2n) is 7.43. The van der Waals surface area contributed by atoms with Crippen molar-refractivity contribution >= 4 is 28.9 Å². The van der Waals surface area contributed by atoms with Crippen molar-refractivity contribution in [1.82, 2.24) is 4.90 Å². The highest BCUT2D eigenvalue weighted by atomic mass is 16.2. The van der Waals surface area contributed by atoms with Gasteiger partial charge >= 0.3 is 0 Å². The molecular weight excluding hydrogens is 352 g/mol. The number of aryl methyl sites for hydroxylation is 1. The zero-order chi connectivity index (χ0) is 19.5. The van der Waals surface area contributed by atoms with Gasteiger partial charge in [-0.15, -0.1) is 0 Å². The number of rotatable bonds is 4. The Kier molecular flexibility index (Phi) is 5.19. The summed E-state index contributed by atoms with van der Waals surface area (Å²) in [6.45, 7) is 5.07. The van der Waals surface area contributed by atoms with E-state index in [0.29, 0.717) is 6.42 Å². The van der Waals surface area contributed by atoms with Gasteiger partial charge in [0.15, 0.2) is 0 Å². The summed E-state index contributed by atoms with van der Waals surface area (Å²) in [7, 11) is 0. The molecule has 2 aromatic carbocycles. The van der Waals surface area contributed by atoms with E-state index in [1.165, 1.54) is 5.69 Å². The Labute approximate surface area is 165 Å². The van der Waals surface area contributed by atoms with E-state index in [9.17, 15) is 9.59 Å². The van der Waals surface area contributed by atoms with Crippen LogP contribution in [-0.4, -0.2) is 48.9 Å². The monoisotopic (exact) mass is 378 g/mol. The van der Waals surface area contributed by atoms with Gasteiger partial charge in [0.05, 0.1) is 0 Å². The van der Waals surface area contributed by atoms with Crippen LogP contribution >= 0.6 is 0 Å². The minimum Gasteiger partial charge on any atom is -0.374 e. The number of fused-ring (bicyclic) bond motifs is 1. The van der Waals surface area contributed by atoms with Crippen molar-refractivity contribution in [3.05, 3.63) is 54.1 Å². The van der Waals surface area contributed by atoms with Crippen molar-refractivity contribution in [3.63, 3.8) is 0 Å². The molecule has 6 nitrogen and oxygen atoms in total. The third kappa shape index (κ3) is 3.96. The normalized spacial score (nSPS) is 17.5. The van der Waals surface area contributed by atoms with E-state index in [0.717, 1.165) is 49.5 Å². The van der Waals surface area contributed by atoms with Gasteiger partial charge in [-0.05, 0) is 49.2 Å². The lowest BCUT2D eigenvalue weighted by Gasteiger charge is -2.37. The van der Waals surface area contributed by atoms with Gasteiger partial charge in [-0.1, -0.05) is 18.2 Å². The molecule has 0 bridgehead atoms. The first-order valence-corrected chi connectivity index (χ1v) is 9.88. The Morgan fingerprint density at radius 3 is 2.54 bits per heavy atom. The zero-order valence-corrected chi connectivity index (χ0v) is 16.1. The summed E-state index contributed by atoms with van der Waals surface area (Å²) >= 11 is 0. The van der Waals surface area contributed by atoms with E-state index in [1.54, 1.807) is 0 Å². The SMILES string of the molecule is C[C@@H](Nc1ccc2c(c1)CCC(=O)N2)C(=O)N1CCN(c2ccccc2)CC1. The molecule has 2 heterocycles. The van der Waals surface area contributed by atoms with Gasteiger partial charge in [0.25, 0.3) is 0 Å². The average Bonchev–Trinajstić information content (AvgIpc) is 2.74. The first-order chi connectivity index (χ1) is 13.6. The molecule has 0 aliphatic carbocycles. The number of hydrogen-bond donors (Lipinski definition) is 2. The molecule has 2 aliphatic rings. The lowest BCUT2D eigenvalue weighted by atomic mass is 10.0. The van der Waals surface area contributed by atoms with Gasteiger partial charge in [-0.25, -0.2) is 0 Å². The predicted octanol–water partition coefficient (Wildman–Crippen LogP) is 2.72. The minimum atomic E-state index is -0.292. The number of carbonyl (C=O) groups is 2. The minimum absolute atomic E-state index is 0.0615. The van der Waals surface area contributed by atoms with Crippen molar-refractivity contribution < 1.29 is 9.59 Å². The van der Waals surface area contributed by atoms with Crippen LogP contribution in [-0.2, 0) is 16.0 Å². The van der Waals surface area contributed by atoms with E-state index in [4.69, 9.17) is 0 Å². The molecule has 1 atom stereocenters. The van der Waals surface area contributed by atoms with Crippen LogP contribution in [0.2, 0.25) is 0 Å². The average molecular weight is 378 g/mol. The van der Waals surface area contributed by atoms with Gasteiger partial charge in [0.2, 0.25) is 11.8 Å². The first-order valence-electron chi connectivity index (χ1n) is 9.88. The predicted molar refractivity (Wildman–Crippen MR) is 112 cm³/mol. The molecule has 1 saturated heterocycles. The quantitative estimate of drug-likeness (QED) is 0.859. The molecule has 2 amide bonds. The van der Waals surface area contributed by atoms with E-state index in [2.05, 4.69) is 27.7 Å². The molecule has 0 saturated carbocycles. The lowest BCUT2D eigenvalue weighted by molar-refractivity contribution is -0.132. The zero-order valence-electron chi connectivity index (χ0n) is 16.1. The van der Waals surface area contributed by atoms with Crippen molar-refractivity contribution in [1.29, 1.82) is 0 Å². The third-order valence-corrected chi connectivity index (χ3v) is 5.47. The van der Waals surface area contributed by atoms with Crippen LogP contribution < -0.4 is 15.5 Å². The largest absolute Gasteiger partial charge is 0.374 e.